The van der Waals surface area contributed by atoms with Crippen molar-refractivity contribution in [3.63, 3.8) is 0 Å². The smallest absolute Gasteiger partial charge is 0.306 e. The zero-order chi connectivity index (χ0) is 22.4. The normalized spacial score (nSPS) is 34.1. The summed E-state index contributed by atoms with van der Waals surface area (Å²) in [7, 11) is 0. The van der Waals surface area contributed by atoms with E-state index in [2.05, 4.69) is 13.8 Å². The highest BCUT2D eigenvalue weighted by Gasteiger charge is 2.61. The van der Waals surface area contributed by atoms with E-state index in [1.165, 1.54) is 64.2 Å². The van der Waals surface area contributed by atoms with Gasteiger partial charge in [0.05, 0.1) is 11.8 Å². The summed E-state index contributed by atoms with van der Waals surface area (Å²) >= 11 is 0. The number of fused-ring (bicyclic) bond motifs is 3. The van der Waals surface area contributed by atoms with Crippen molar-refractivity contribution >= 4 is 11.9 Å². The molecule has 6 atom stereocenters. The van der Waals surface area contributed by atoms with E-state index in [-0.39, 0.29) is 17.3 Å². The van der Waals surface area contributed by atoms with Gasteiger partial charge in [-0.05, 0) is 80.5 Å². The molecule has 0 saturated heterocycles. The minimum absolute atomic E-state index is 0.180. The zero-order valence-corrected chi connectivity index (χ0v) is 20.0. The number of rotatable bonds is 12. The number of hydrogen-bond acceptors (Lipinski definition) is 2. The summed E-state index contributed by atoms with van der Waals surface area (Å²) in [6, 6.07) is 0. The van der Waals surface area contributed by atoms with Gasteiger partial charge in [0, 0.05) is 0 Å². The molecule has 3 aliphatic rings. The highest BCUT2D eigenvalue weighted by molar-refractivity contribution is 5.70. The lowest BCUT2D eigenvalue weighted by molar-refractivity contribution is -0.145. The van der Waals surface area contributed by atoms with Crippen LogP contribution in [0.2, 0.25) is 0 Å². The Labute approximate surface area is 189 Å². The highest BCUT2D eigenvalue weighted by atomic mass is 16.4. The predicted octanol–water partition coefficient (Wildman–Crippen LogP) is 7.16. The van der Waals surface area contributed by atoms with Crippen molar-refractivity contribution in [2.24, 2.45) is 40.9 Å². The Kier molecular flexibility index (Phi) is 8.87. The van der Waals surface area contributed by atoms with E-state index in [1.54, 1.807) is 0 Å². The molecule has 0 bridgehead atoms. The maximum Gasteiger partial charge on any atom is 0.306 e. The molecule has 0 aromatic rings. The third kappa shape index (κ3) is 5.30. The molecule has 3 rings (SSSR count). The van der Waals surface area contributed by atoms with Crippen LogP contribution in [0.5, 0.6) is 0 Å². The van der Waals surface area contributed by atoms with Gasteiger partial charge in [-0.25, -0.2) is 0 Å². The highest BCUT2D eigenvalue weighted by Crippen LogP contribution is 2.67. The molecule has 6 unspecified atom stereocenters. The van der Waals surface area contributed by atoms with Crippen LogP contribution in [0, 0.1) is 40.9 Å². The lowest BCUT2D eigenvalue weighted by Crippen LogP contribution is -2.39. The van der Waals surface area contributed by atoms with Gasteiger partial charge in [0.1, 0.15) is 0 Å². The topological polar surface area (TPSA) is 74.6 Å². The molecule has 178 valence electrons. The molecule has 4 nitrogen and oxygen atoms in total. The van der Waals surface area contributed by atoms with E-state index in [0.717, 1.165) is 38.5 Å². The van der Waals surface area contributed by atoms with E-state index >= 15 is 0 Å². The van der Waals surface area contributed by atoms with Crippen LogP contribution in [0.25, 0.3) is 0 Å². The fourth-order valence-corrected chi connectivity index (χ4v) is 8.09. The Morgan fingerprint density at radius 1 is 0.677 bits per heavy atom. The van der Waals surface area contributed by atoms with Crippen molar-refractivity contribution in [3.05, 3.63) is 0 Å². The lowest BCUT2D eigenvalue weighted by atomic mass is 9.58. The molecular weight excluding hydrogens is 388 g/mol. The van der Waals surface area contributed by atoms with Crippen LogP contribution in [-0.2, 0) is 9.59 Å². The quantitative estimate of drug-likeness (QED) is 0.319. The number of carboxylic acids is 2. The largest absolute Gasteiger partial charge is 0.481 e. The molecule has 2 N–H and O–H groups in total. The third-order valence-corrected chi connectivity index (χ3v) is 9.52. The molecule has 31 heavy (non-hydrogen) atoms. The second-order valence-corrected chi connectivity index (χ2v) is 11.1. The summed E-state index contributed by atoms with van der Waals surface area (Å²) < 4.78 is 0. The van der Waals surface area contributed by atoms with Gasteiger partial charge in [0.25, 0.3) is 0 Å². The van der Waals surface area contributed by atoms with Crippen LogP contribution in [0.1, 0.15) is 117 Å². The van der Waals surface area contributed by atoms with Gasteiger partial charge in [0.15, 0.2) is 0 Å². The van der Waals surface area contributed by atoms with Gasteiger partial charge in [-0.15, -0.1) is 0 Å². The standard InChI is InChI=1S/C27H46O4/c1-3-5-7-9-15-27(16-10-8-6-4-2)23-17-19(25(28)29)11-13-21(23)22-14-12-20(26(30)31)18-24(22)27/h19-24H,3-18H2,1-2H3,(H,28,29)(H,30,31). The van der Waals surface area contributed by atoms with Crippen LogP contribution < -0.4 is 0 Å². The summed E-state index contributed by atoms with van der Waals surface area (Å²) in [6.07, 6.45) is 17.8. The van der Waals surface area contributed by atoms with Crippen molar-refractivity contribution in [1.82, 2.24) is 0 Å². The molecule has 0 aromatic heterocycles. The number of unbranched alkanes of at least 4 members (excludes halogenated alkanes) is 6. The van der Waals surface area contributed by atoms with Gasteiger partial charge in [0.2, 0.25) is 0 Å². The van der Waals surface area contributed by atoms with Crippen LogP contribution in [0.4, 0.5) is 0 Å². The van der Waals surface area contributed by atoms with Gasteiger partial charge in [-0.1, -0.05) is 65.2 Å². The van der Waals surface area contributed by atoms with Crippen molar-refractivity contribution in [1.29, 1.82) is 0 Å². The Balaban J connectivity index is 1.90. The van der Waals surface area contributed by atoms with E-state index in [1.807, 2.05) is 0 Å². The first-order chi connectivity index (χ1) is 14.9. The van der Waals surface area contributed by atoms with Crippen LogP contribution in [-0.4, -0.2) is 22.2 Å². The molecule has 3 fully saturated rings. The molecule has 0 amide bonds. The first kappa shape index (κ1) is 24.6. The Morgan fingerprint density at radius 2 is 1.10 bits per heavy atom. The number of carboxylic acid groups (broad SMARTS) is 2. The van der Waals surface area contributed by atoms with E-state index < -0.39 is 11.9 Å². The summed E-state index contributed by atoms with van der Waals surface area (Å²) in [5.41, 5.74) is 0.180. The maximum absolute atomic E-state index is 11.9. The van der Waals surface area contributed by atoms with E-state index in [4.69, 9.17) is 0 Å². The van der Waals surface area contributed by atoms with Crippen molar-refractivity contribution < 1.29 is 19.8 Å². The van der Waals surface area contributed by atoms with E-state index in [0.29, 0.717) is 23.7 Å². The molecule has 4 heteroatoms. The Morgan fingerprint density at radius 3 is 1.45 bits per heavy atom. The minimum atomic E-state index is -0.609. The third-order valence-electron chi connectivity index (χ3n) is 9.52. The molecule has 0 aliphatic heterocycles. The average molecular weight is 435 g/mol. The van der Waals surface area contributed by atoms with Gasteiger partial charge >= 0.3 is 11.9 Å². The monoisotopic (exact) mass is 434 g/mol. The van der Waals surface area contributed by atoms with Crippen LogP contribution in [0.15, 0.2) is 0 Å². The minimum Gasteiger partial charge on any atom is -0.481 e. The van der Waals surface area contributed by atoms with Crippen LogP contribution >= 0.6 is 0 Å². The Hall–Kier alpha value is -1.06. The molecule has 0 spiro atoms. The molecule has 0 aromatic carbocycles. The number of hydrogen-bond donors (Lipinski definition) is 2. The van der Waals surface area contributed by atoms with Crippen molar-refractivity contribution in [2.75, 3.05) is 0 Å². The summed E-state index contributed by atoms with van der Waals surface area (Å²) in [5.74, 6) is 0.650. The lowest BCUT2D eigenvalue weighted by Gasteiger charge is -2.46. The molecule has 0 heterocycles. The van der Waals surface area contributed by atoms with Gasteiger partial charge in [-0.3, -0.25) is 9.59 Å². The second-order valence-electron chi connectivity index (χ2n) is 11.1. The predicted molar refractivity (Wildman–Crippen MR) is 124 cm³/mol. The molecule has 3 aliphatic carbocycles. The average Bonchev–Trinajstić information content (AvgIpc) is 3.03. The number of aliphatic carboxylic acids is 2. The zero-order valence-electron chi connectivity index (χ0n) is 20.0. The summed E-state index contributed by atoms with van der Waals surface area (Å²) in [6.45, 7) is 4.50. The van der Waals surface area contributed by atoms with Crippen LogP contribution in [0.3, 0.4) is 0 Å². The van der Waals surface area contributed by atoms with E-state index in [9.17, 15) is 19.8 Å². The SMILES string of the molecule is CCCCCCC1(CCCCCC)C2CC(C(=O)O)CCC2C2CCC(C(=O)O)CC21. The molecule has 3 saturated carbocycles. The molecule has 0 radical (unpaired) electrons. The first-order valence-electron chi connectivity index (χ1n) is 13.4. The fourth-order valence-electron chi connectivity index (χ4n) is 8.09. The second kappa shape index (κ2) is 11.2. The fraction of sp³-hybridized carbons (Fsp3) is 0.926. The van der Waals surface area contributed by atoms with Gasteiger partial charge in [-0.2, -0.15) is 0 Å². The summed E-state index contributed by atoms with van der Waals surface area (Å²) in [4.78, 5) is 23.9. The maximum atomic E-state index is 11.9. The van der Waals surface area contributed by atoms with Crippen molar-refractivity contribution in [3.8, 4) is 0 Å². The summed E-state index contributed by atoms with van der Waals surface area (Å²) in [5, 5.41) is 19.6. The van der Waals surface area contributed by atoms with Gasteiger partial charge < -0.3 is 10.2 Å². The Bertz CT molecular complexity index is 548. The first-order valence-corrected chi connectivity index (χ1v) is 13.4. The number of carbonyl (C=O) groups is 2. The van der Waals surface area contributed by atoms with Crippen molar-refractivity contribution in [2.45, 2.75) is 117 Å². The molecular formula is C27H46O4.